The molecular weight excluding hydrogens is 270 g/mol. The number of fused-ring (bicyclic) bond motifs is 1. The molecule has 3 rings (SSSR count). The SMILES string of the molecule is CC(C)(C)OC(=O)N1CCn2ncc(C3=CCOC3)c2C1. The van der Waals surface area contributed by atoms with Crippen molar-refractivity contribution in [3.05, 3.63) is 23.5 Å². The Kier molecular flexibility index (Phi) is 3.49. The van der Waals surface area contributed by atoms with Gasteiger partial charge in [-0.05, 0) is 26.3 Å². The van der Waals surface area contributed by atoms with E-state index in [1.165, 1.54) is 0 Å². The molecule has 2 aliphatic heterocycles. The maximum Gasteiger partial charge on any atom is 0.410 e. The number of nitrogens with zero attached hydrogens (tertiary/aromatic N) is 3. The number of amides is 1. The van der Waals surface area contributed by atoms with Crippen molar-refractivity contribution in [2.75, 3.05) is 19.8 Å². The van der Waals surface area contributed by atoms with Crippen LogP contribution in [0.2, 0.25) is 0 Å². The Morgan fingerprint density at radius 1 is 1.38 bits per heavy atom. The van der Waals surface area contributed by atoms with Crippen LogP contribution < -0.4 is 0 Å². The van der Waals surface area contributed by atoms with Gasteiger partial charge in [0, 0.05) is 12.1 Å². The topological polar surface area (TPSA) is 56.6 Å². The fourth-order valence-corrected chi connectivity index (χ4v) is 2.57. The summed E-state index contributed by atoms with van der Waals surface area (Å²) in [7, 11) is 0. The van der Waals surface area contributed by atoms with Crippen LogP contribution in [0, 0.1) is 0 Å². The van der Waals surface area contributed by atoms with Gasteiger partial charge in [0.25, 0.3) is 0 Å². The van der Waals surface area contributed by atoms with E-state index in [-0.39, 0.29) is 6.09 Å². The molecule has 0 atom stereocenters. The molecule has 0 radical (unpaired) electrons. The van der Waals surface area contributed by atoms with Crippen LogP contribution in [0.15, 0.2) is 12.3 Å². The summed E-state index contributed by atoms with van der Waals surface area (Å²) in [4.78, 5) is 14.0. The van der Waals surface area contributed by atoms with Gasteiger partial charge in [-0.2, -0.15) is 5.10 Å². The predicted octanol–water partition coefficient (Wildman–Crippen LogP) is 2.05. The summed E-state index contributed by atoms with van der Waals surface area (Å²) in [5.74, 6) is 0. The van der Waals surface area contributed by atoms with Gasteiger partial charge in [-0.3, -0.25) is 4.68 Å². The van der Waals surface area contributed by atoms with E-state index in [0.717, 1.165) is 16.8 Å². The van der Waals surface area contributed by atoms with Crippen molar-refractivity contribution in [2.24, 2.45) is 0 Å². The Morgan fingerprint density at radius 3 is 2.86 bits per heavy atom. The normalized spacial score (nSPS) is 18.4. The maximum absolute atomic E-state index is 12.2. The molecule has 114 valence electrons. The lowest BCUT2D eigenvalue weighted by Gasteiger charge is -2.31. The lowest BCUT2D eigenvalue weighted by Crippen LogP contribution is -2.41. The minimum Gasteiger partial charge on any atom is -0.444 e. The Balaban J connectivity index is 1.78. The summed E-state index contributed by atoms with van der Waals surface area (Å²) in [5, 5.41) is 4.41. The molecule has 0 unspecified atom stereocenters. The van der Waals surface area contributed by atoms with Crippen LogP contribution in [0.4, 0.5) is 4.79 Å². The van der Waals surface area contributed by atoms with E-state index >= 15 is 0 Å². The first-order valence-corrected chi connectivity index (χ1v) is 7.24. The van der Waals surface area contributed by atoms with Gasteiger partial charge in [0.05, 0.1) is 38.2 Å². The van der Waals surface area contributed by atoms with Crippen LogP contribution in [0.25, 0.3) is 5.57 Å². The first-order chi connectivity index (χ1) is 9.94. The van der Waals surface area contributed by atoms with Crippen LogP contribution in [0.1, 0.15) is 32.0 Å². The zero-order valence-corrected chi connectivity index (χ0v) is 12.8. The van der Waals surface area contributed by atoms with Crippen molar-refractivity contribution in [1.29, 1.82) is 0 Å². The molecule has 1 aromatic rings. The molecule has 0 aliphatic carbocycles. The van der Waals surface area contributed by atoms with Crippen LogP contribution in [0.3, 0.4) is 0 Å². The minimum atomic E-state index is -0.473. The Labute approximate surface area is 124 Å². The number of ether oxygens (including phenoxy) is 2. The number of hydrogen-bond donors (Lipinski definition) is 0. The highest BCUT2D eigenvalue weighted by atomic mass is 16.6. The Bertz CT molecular complexity index is 583. The van der Waals surface area contributed by atoms with Gasteiger partial charge in [0.1, 0.15) is 5.60 Å². The van der Waals surface area contributed by atoms with Crippen LogP contribution in [0.5, 0.6) is 0 Å². The van der Waals surface area contributed by atoms with Crippen molar-refractivity contribution in [1.82, 2.24) is 14.7 Å². The third-order valence-electron chi connectivity index (χ3n) is 3.57. The molecule has 0 fully saturated rings. The Hall–Kier alpha value is -1.82. The smallest absolute Gasteiger partial charge is 0.410 e. The molecule has 6 nitrogen and oxygen atoms in total. The van der Waals surface area contributed by atoms with Crippen molar-refractivity contribution < 1.29 is 14.3 Å². The van der Waals surface area contributed by atoms with Gasteiger partial charge in [0.15, 0.2) is 0 Å². The van der Waals surface area contributed by atoms with E-state index in [9.17, 15) is 4.79 Å². The lowest BCUT2D eigenvalue weighted by atomic mass is 10.1. The quantitative estimate of drug-likeness (QED) is 0.794. The van der Waals surface area contributed by atoms with E-state index in [4.69, 9.17) is 9.47 Å². The number of aromatic nitrogens is 2. The van der Waals surface area contributed by atoms with Crippen molar-refractivity contribution in [2.45, 2.75) is 39.5 Å². The molecule has 6 heteroatoms. The van der Waals surface area contributed by atoms with Crippen molar-refractivity contribution in [3.8, 4) is 0 Å². The largest absolute Gasteiger partial charge is 0.444 e. The van der Waals surface area contributed by atoms with Gasteiger partial charge in [-0.15, -0.1) is 0 Å². The van der Waals surface area contributed by atoms with Gasteiger partial charge in [0.2, 0.25) is 0 Å². The average molecular weight is 291 g/mol. The maximum atomic E-state index is 12.2. The third kappa shape index (κ3) is 2.95. The fourth-order valence-electron chi connectivity index (χ4n) is 2.57. The molecule has 0 bridgehead atoms. The molecule has 1 amide bonds. The summed E-state index contributed by atoms with van der Waals surface area (Å²) in [6.07, 6.45) is 3.68. The van der Waals surface area contributed by atoms with E-state index in [1.807, 2.05) is 31.6 Å². The number of rotatable bonds is 1. The minimum absolute atomic E-state index is 0.266. The monoisotopic (exact) mass is 291 g/mol. The summed E-state index contributed by atoms with van der Waals surface area (Å²) in [5.41, 5.74) is 2.83. The number of hydrogen-bond acceptors (Lipinski definition) is 4. The molecule has 1 aromatic heterocycles. The second-order valence-corrected chi connectivity index (χ2v) is 6.37. The molecule has 0 saturated heterocycles. The molecule has 3 heterocycles. The molecule has 2 aliphatic rings. The summed E-state index contributed by atoms with van der Waals surface area (Å²) in [6, 6.07) is 0. The first-order valence-electron chi connectivity index (χ1n) is 7.24. The standard InChI is InChI=1S/C15H21N3O3/c1-15(2,3)21-14(19)17-5-6-18-13(9-17)12(8-16-18)11-4-7-20-10-11/h4,8H,5-7,9-10H2,1-3H3. The fraction of sp³-hybridized carbons (Fsp3) is 0.600. The molecular formula is C15H21N3O3. The zero-order chi connectivity index (χ0) is 15.0. The predicted molar refractivity (Wildman–Crippen MR) is 77.7 cm³/mol. The third-order valence-corrected chi connectivity index (χ3v) is 3.57. The second kappa shape index (κ2) is 5.18. The lowest BCUT2D eigenvalue weighted by molar-refractivity contribution is 0.0194. The van der Waals surface area contributed by atoms with Crippen LogP contribution in [-0.2, 0) is 22.6 Å². The number of carbonyl (C=O) groups is 1. The van der Waals surface area contributed by atoms with Gasteiger partial charge < -0.3 is 14.4 Å². The second-order valence-electron chi connectivity index (χ2n) is 6.37. The van der Waals surface area contributed by atoms with Crippen LogP contribution in [-0.4, -0.2) is 46.1 Å². The molecule has 21 heavy (non-hydrogen) atoms. The highest BCUT2D eigenvalue weighted by Gasteiger charge is 2.28. The summed E-state index contributed by atoms with van der Waals surface area (Å²) >= 11 is 0. The van der Waals surface area contributed by atoms with E-state index in [1.54, 1.807) is 4.90 Å². The molecule has 0 aromatic carbocycles. The van der Waals surface area contributed by atoms with Gasteiger partial charge in [-0.25, -0.2) is 4.79 Å². The van der Waals surface area contributed by atoms with Gasteiger partial charge in [-0.1, -0.05) is 6.08 Å². The summed E-state index contributed by atoms with van der Waals surface area (Å²) in [6.45, 7) is 8.76. The molecule has 0 N–H and O–H groups in total. The van der Waals surface area contributed by atoms with E-state index < -0.39 is 5.60 Å². The van der Waals surface area contributed by atoms with Gasteiger partial charge >= 0.3 is 6.09 Å². The molecule has 0 saturated carbocycles. The van der Waals surface area contributed by atoms with Crippen molar-refractivity contribution >= 4 is 11.7 Å². The highest BCUT2D eigenvalue weighted by Crippen LogP contribution is 2.26. The number of carbonyl (C=O) groups excluding carboxylic acids is 1. The van der Waals surface area contributed by atoms with E-state index in [0.29, 0.717) is 32.8 Å². The average Bonchev–Trinajstić information content (AvgIpc) is 3.04. The Morgan fingerprint density at radius 2 is 2.19 bits per heavy atom. The van der Waals surface area contributed by atoms with E-state index in [2.05, 4.69) is 11.2 Å². The van der Waals surface area contributed by atoms with Crippen molar-refractivity contribution in [3.63, 3.8) is 0 Å². The first kappa shape index (κ1) is 14.1. The summed E-state index contributed by atoms with van der Waals surface area (Å²) < 4.78 is 12.8. The van der Waals surface area contributed by atoms with Crippen LogP contribution >= 0.6 is 0 Å². The zero-order valence-electron chi connectivity index (χ0n) is 12.8. The highest BCUT2D eigenvalue weighted by molar-refractivity contribution is 5.71. The molecule has 0 spiro atoms.